The van der Waals surface area contributed by atoms with E-state index >= 15 is 0 Å². The van der Waals surface area contributed by atoms with Crippen molar-refractivity contribution in [2.75, 3.05) is 20.8 Å². The van der Waals surface area contributed by atoms with Gasteiger partial charge in [0.1, 0.15) is 0 Å². The van der Waals surface area contributed by atoms with Gasteiger partial charge in [0.15, 0.2) is 11.5 Å². The standard InChI is InChI=1S/C23H32N2O3/c1-27-20-13-12-17(14-21(20)28-2)22-18-10-6-7-11-19(18)23(26)25(24-22)15-16-8-4-3-5-9-16/h12-14,16,18-19H,3-11,15H2,1-2H3/t18-,19+/m1/s1. The minimum atomic E-state index is 0.0814. The fourth-order valence-electron chi connectivity index (χ4n) is 5.21. The average Bonchev–Trinajstić information content (AvgIpc) is 2.76. The van der Waals surface area contributed by atoms with E-state index in [0.29, 0.717) is 11.7 Å². The molecule has 1 aliphatic heterocycles. The van der Waals surface area contributed by atoms with Gasteiger partial charge in [-0.15, -0.1) is 0 Å². The molecule has 28 heavy (non-hydrogen) atoms. The van der Waals surface area contributed by atoms with Crippen molar-refractivity contribution in [2.24, 2.45) is 22.9 Å². The monoisotopic (exact) mass is 384 g/mol. The molecule has 1 heterocycles. The quantitative estimate of drug-likeness (QED) is 0.743. The lowest BCUT2D eigenvalue weighted by Gasteiger charge is -2.40. The summed E-state index contributed by atoms with van der Waals surface area (Å²) in [6.07, 6.45) is 10.7. The highest BCUT2D eigenvalue weighted by Gasteiger charge is 2.41. The lowest BCUT2D eigenvalue weighted by molar-refractivity contribution is -0.139. The third kappa shape index (κ3) is 3.76. The van der Waals surface area contributed by atoms with Crippen LogP contribution in [-0.2, 0) is 4.79 Å². The fraction of sp³-hybridized carbons (Fsp3) is 0.652. The van der Waals surface area contributed by atoms with Crippen molar-refractivity contribution in [3.8, 4) is 11.5 Å². The Kier molecular flexibility index (Phi) is 5.88. The zero-order chi connectivity index (χ0) is 19.5. The summed E-state index contributed by atoms with van der Waals surface area (Å²) in [7, 11) is 3.31. The number of carbonyl (C=O) groups excluding carboxylic acids is 1. The molecule has 0 radical (unpaired) electrons. The van der Waals surface area contributed by atoms with Crippen LogP contribution in [0.2, 0.25) is 0 Å². The van der Waals surface area contributed by atoms with E-state index in [1.807, 2.05) is 17.1 Å². The second-order valence-electron chi connectivity index (χ2n) is 8.48. The molecule has 1 amide bonds. The number of ether oxygens (including phenoxy) is 2. The van der Waals surface area contributed by atoms with Gasteiger partial charge in [-0.25, -0.2) is 5.01 Å². The van der Waals surface area contributed by atoms with Crippen LogP contribution >= 0.6 is 0 Å². The largest absolute Gasteiger partial charge is 0.493 e. The van der Waals surface area contributed by atoms with Crippen LogP contribution < -0.4 is 9.47 Å². The third-order valence-corrected chi connectivity index (χ3v) is 6.75. The van der Waals surface area contributed by atoms with Gasteiger partial charge in [-0.2, -0.15) is 5.10 Å². The lowest BCUT2D eigenvalue weighted by atomic mass is 9.73. The zero-order valence-electron chi connectivity index (χ0n) is 17.2. The number of benzene rings is 1. The predicted octanol–water partition coefficient (Wildman–Crippen LogP) is 4.64. The first-order chi connectivity index (χ1) is 13.7. The Balaban J connectivity index is 1.67. The number of nitrogens with zero attached hydrogens (tertiary/aromatic N) is 2. The Morgan fingerprint density at radius 2 is 1.61 bits per heavy atom. The molecule has 4 rings (SSSR count). The Morgan fingerprint density at radius 1 is 0.929 bits per heavy atom. The smallest absolute Gasteiger partial charge is 0.246 e. The Morgan fingerprint density at radius 3 is 2.32 bits per heavy atom. The van der Waals surface area contributed by atoms with Gasteiger partial charge >= 0.3 is 0 Å². The summed E-state index contributed by atoms with van der Waals surface area (Å²) in [6, 6.07) is 6.01. The molecule has 2 fully saturated rings. The first-order valence-corrected chi connectivity index (χ1v) is 10.8. The summed E-state index contributed by atoms with van der Waals surface area (Å²) in [5.74, 6) is 2.58. The first kappa shape index (κ1) is 19.3. The number of hydrogen-bond donors (Lipinski definition) is 0. The molecule has 0 unspecified atom stereocenters. The molecule has 0 bridgehead atoms. The van der Waals surface area contributed by atoms with Crippen LogP contribution in [0.5, 0.6) is 11.5 Å². The molecule has 0 aromatic heterocycles. The van der Waals surface area contributed by atoms with E-state index in [-0.39, 0.29) is 17.7 Å². The number of methoxy groups -OCH3 is 2. The van der Waals surface area contributed by atoms with Crippen molar-refractivity contribution in [2.45, 2.75) is 57.8 Å². The maximum atomic E-state index is 13.2. The van der Waals surface area contributed by atoms with E-state index in [1.54, 1.807) is 14.2 Å². The molecule has 0 spiro atoms. The molecule has 2 aliphatic carbocycles. The molecule has 2 saturated carbocycles. The lowest BCUT2D eigenvalue weighted by Crippen LogP contribution is -2.47. The molecule has 5 nitrogen and oxygen atoms in total. The van der Waals surface area contributed by atoms with Crippen LogP contribution in [0.4, 0.5) is 0 Å². The Labute approximate surface area is 168 Å². The zero-order valence-corrected chi connectivity index (χ0v) is 17.2. The second kappa shape index (κ2) is 8.54. The van der Waals surface area contributed by atoms with Crippen LogP contribution in [0.1, 0.15) is 63.4 Å². The van der Waals surface area contributed by atoms with Gasteiger partial charge in [0.25, 0.3) is 0 Å². The molecular weight excluding hydrogens is 352 g/mol. The van der Waals surface area contributed by atoms with Crippen molar-refractivity contribution >= 4 is 11.6 Å². The van der Waals surface area contributed by atoms with Crippen molar-refractivity contribution in [3.05, 3.63) is 23.8 Å². The van der Waals surface area contributed by atoms with E-state index < -0.39 is 0 Å². The first-order valence-electron chi connectivity index (χ1n) is 10.8. The highest BCUT2D eigenvalue weighted by Crippen LogP contribution is 2.39. The van der Waals surface area contributed by atoms with E-state index in [9.17, 15) is 4.79 Å². The number of rotatable bonds is 5. The van der Waals surface area contributed by atoms with Crippen LogP contribution in [0.25, 0.3) is 0 Å². The third-order valence-electron chi connectivity index (χ3n) is 6.75. The van der Waals surface area contributed by atoms with Crippen molar-refractivity contribution < 1.29 is 14.3 Å². The molecule has 3 aliphatic rings. The number of hydrazone groups is 1. The molecule has 0 N–H and O–H groups in total. The second-order valence-corrected chi connectivity index (χ2v) is 8.48. The summed E-state index contributed by atoms with van der Waals surface area (Å²) in [5.41, 5.74) is 2.11. The fourth-order valence-corrected chi connectivity index (χ4v) is 5.21. The normalized spacial score (nSPS) is 25.9. The molecular formula is C23H32N2O3. The SMILES string of the molecule is COc1ccc(C2=NN(CC3CCCCC3)C(=O)[C@H]3CCCC[C@@H]23)cc1OC. The van der Waals surface area contributed by atoms with Crippen molar-refractivity contribution in [3.63, 3.8) is 0 Å². The topological polar surface area (TPSA) is 51.1 Å². The summed E-state index contributed by atoms with van der Waals surface area (Å²) in [5, 5.41) is 6.76. The highest BCUT2D eigenvalue weighted by molar-refractivity contribution is 6.07. The summed E-state index contributed by atoms with van der Waals surface area (Å²) < 4.78 is 10.9. The average molecular weight is 385 g/mol. The van der Waals surface area contributed by atoms with Gasteiger partial charge in [0.2, 0.25) is 5.91 Å². The number of hydrogen-bond acceptors (Lipinski definition) is 4. The number of carbonyl (C=O) groups is 1. The summed E-state index contributed by atoms with van der Waals surface area (Å²) >= 11 is 0. The van der Waals surface area contributed by atoms with Crippen molar-refractivity contribution in [1.29, 1.82) is 0 Å². The van der Waals surface area contributed by atoms with Gasteiger partial charge in [-0.3, -0.25) is 4.79 Å². The van der Waals surface area contributed by atoms with Crippen LogP contribution in [0.3, 0.4) is 0 Å². The molecule has 2 atom stereocenters. The van der Waals surface area contributed by atoms with Crippen LogP contribution in [-0.4, -0.2) is 37.4 Å². The maximum absolute atomic E-state index is 13.2. The number of fused-ring (bicyclic) bond motifs is 1. The van der Waals surface area contributed by atoms with E-state index in [2.05, 4.69) is 6.07 Å². The highest BCUT2D eigenvalue weighted by atomic mass is 16.5. The molecule has 5 heteroatoms. The molecule has 0 saturated heterocycles. The maximum Gasteiger partial charge on any atom is 0.246 e. The minimum Gasteiger partial charge on any atom is -0.493 e. The van der Waals surface area contributed by atoms with Gasteiger partial charge in [0, 0.05) is 23.9 Å². The van der Waals surface area contributed by atoms with Gasteiger partial charge in [0.05, 0.1) is 19.9 Å². The minimum absolute atomic E-state index is 0.0814. The summed E-state index contributed by atoms with van der Waals surface area (Å²) in [4.78, 5) is 13.2. The van der Waals surface area contributed by atoms with Gasteiger partial charge in [-0.1, -0.05) is 32.1 Å². The van der Waals surface area contributed by atoms with Gasteiger partial charge < -0.3 is 9.47 Å². The van der Waals surface area contributed by atoms with E-state index in [1.165, 1.54) is 38.5 Å². The summed E-state index contributed by atoms with van der Waals surface area (Å²) in [6.45, 7) is 0.777. The van der Waals surface area contributed by atoms with E-state index in [4.69, 9.17) is 14.6 Å². The molecule has 1 aromatic rings. The molecule has 152 valence electrons. The van der Waals surface area contributed by atoms with Crippen LogP contribution in [0, 0.1) is 17.8 Å². The Bertz CT molecular complexity index is 739. The molecule has 1 aromatic carbocycles. The predicted molar refractivity (Wildman–Crippen MR) is 110 cm³/mol. The van der Waals surface area contributed by atoms with E-state index in [0.717, 1.165) is 42.8 Å². The van der Waals surface area contributed by atoms with Crippen molar-refractivity contribution in [1.82, 2.24) is 5.01 Å². The van der Waals surface area contributed by atoms with Gasteiger partial charge in [-0.05, 0) is 49.8 Å². The Hall–Kier alpha value is -2.04. The number of amides is 1. The van der Waals surface area contributed by atoms with Crippen LogP contribution in [0.15, 0.2) is 23.3 Å².